The van der Waals surface area contributed by atoms with Crippen molar-refractivity contribution in [2.75, 3.05) is 0 Å². The zero-order chi connectivity index (χ0) is 13.3. The first-order valence-corrected chi connectivity index (χ1v) is 5.49. The summed E-state index contributed by atoms with van der Waals surface area (Å²) >= 11 is 0. The molecule has 5 nitrogen and oxygen atoms in total. The fraction of sp³-hybridized carbons (Fsp3) is 0.250. The van der Waals surface area contributed by atoms with Crippen molar-refractivity contribution in [1.29, 1.82) is 5.41 Å². The average Bonchev–Trinajstić information content (AvgIpc) is 2.60. The Kier molecular flexibility index (Phi) is 3.10. The summed E-state index contributed by atoms with van der Waals surface area (Å²) in [4.78, 5) is 4.16. The van der Waals surface area contributed by atoms with E-state index in [9.17, 15) is 4.39 Å². The van der Waals surface area contributed by atoms with E-state index in [1.54, 1.807) is 23.7 Å². The predicted octanol–water partition coefficient (Wildman–Crippen LogP) is 1.37. The van der Waals surface area contributed by atoms with Crippen molar-refractivity contribution in [3.8, 4) is 0 Å². The van der Waals surface area contributed by atoms with Crippen molar-refractivity contribution in [2.24, 2.45) is 5.73 Å². The summed E-state index contributed by atoms with van der Waals surface area (Å²) in [7, 11) is 0. The fourth-order valence-electron chi connectivity index (χ4n) is 1.78. The van der Waals surface area contributed by atoms with Crippen molar-refractivity contribution in [3.63, 3.8) is 0 Å². The van der Waals surface area contributed by atoms with Crippen LogP contribution in [0.5, 0.6) is 0 Å². The van der Waals surface area contributed by atoms with Gasteiger partial charge in [0, 0.05) is 5.56 Å². The molecule has 0 unspecified atom stereocenters. The number of nitrogens with one attached hydrogen (secondary N) is 1. The molecule has 18 heavy (non-hydrogen) atoms. The lowest BCUT2D eigenvalue weighted by Gasteiger charge is -2.08. The monoisotopic (exact) mass is 247 g/mol. The minimum Gasteiger partial charge on any atom is -0.384 e. The third-order valence-electron chi connectivity index (χ3n) is 2.65. The van der Waals surface area contributed by atoms with E-state index in [1.807, 2.05) is 6.92 Å². The lowest BCUT2D eigenvalue weighted by molar-refractivity contribution is 0.576. The van der Waals surface area contributed by atoms with Gasteiger partial charge in [-0.1, -0.05) is 12.1 Å². The Bertz CT molecular complexity index is 603. The maximum atomic E-state index is 14.1. The second-order valence-corrected chi connectivity index (χ2v) is 4.06. The molecule has 2 rings (SSSR count). The second-order valence-electron chi connectivity index (χ2n) is 4.06. The van der Waals surface area contributed by atoms with Gasteiger partial charge in [-0.25, -0.2) is 14.1 Å². The van der Waals surface area contributed by atoms with Gasteiger partial charge in [-0.3, -0.25) is 5.41 Å². The molecule has 3 N–H and O–H groups in total. The molecule has 1 aromatic heterocycles. The zero-order valence-corrected chi connectivity index (χ0v) is 10.2. The topological polar surface area (TPSA) is 80.6 Å². The molecule has 0 radical (unpaired) electrons. The molecule has 0 spiro atoms. The highest BCUT2D eigenvalue weighted by Gasteiger charge is 2.12. The SMILES string of the molecule is Cc1nc(C)n(Cc2cccc(C(=N)N)c2F)n1. The zero-order valence-electron chi connectivity index (χ0n) is 10.2. The summed E-state index contributed by atoms with van der Waals surface area (Å²) in [6, 6.07) is 4.81. The number of nitrogen functional groups attached to an aromatic ring is 1. The van der Waals surface area contributed by atoms with Crippen molar-refractivity contribution in [2.45, 2.75) is 20.4 Å². The van der Waals surface area contributed by atoms with Crippen LogP contribution in [0.25, 0.3) is 0 Å². The maximum absolute atomic E-state index is 14.1. The minimum atomic E-state index is -0.474. The third kappa shape index (κ3) is 2.22. The van der Waals surface area contributed by atoms with Crippen molar-refractivity contribution in [1.82, 2.24) is 14.8 Å². The van der Waals surface area contributed by atoms with Crippen LogP contribution < -0.4 is 5.73 Å². The Morgan fingerprint density at radius 3 is 2.72 bits per heavy atom. The summed E-state index contributed by atoms with van der Waals surface area (Å²) in [5.74, 6) is 0.620. The van der Waals surface area contributed by atoms with E-state index in [0.717, 1.165) is 5.82 Å². The van der Waals surface area contributed by atoms with Gasteiger partial charge in [0.05, 0.1) is 12.1 Å². The van der Waals surface area contributed by atoms with Crippen LogP contribution in [0.2, 0.25) is 0 Å². The first kappa shape index (κ1) is 12.2. The van der Waals surface area contributed by atoms with Gasteiger partial charge < -0.3 is 5.73 Å². The van der Waals surface area contributed by atoms with Gasteiger partial charge in [0.25, 0.3) is 0 Å². The average molecular weight is 247 g/mol. The highest BCUT2D eigenvalue weighted by atomic mass is 19.1. The third-order valence-corrected chi connectivity index (χ3v) is 2.65. The van der Waals surface area contributed by atoms with Crippen LogP contribution in [-0.2, 0) is 6.54 Å². The first-order valence-electron chi connectivity index (χ1n) is 5.49. The molecule has 0 aliphatic heterocycles. The largest absolute Gasteiger partial charge is 0.384 e. The van der Waals surface area contributed by atoms with E-state index in [0.29, 0.717) is 11.4 Å². The van der Waals surface area contributed by atoms with Crippen LogP contribution in [0, 0.1) is 25.1 Å². The Hall–Kier alpha value is -2.24. The van der Waals surface area contributed by atoms with Gasteiger partial charge in [-0.05, 0) is 19.9 Å². The molecule has 0 bridgehead atoms. The molecule has 0 fully saturated rings. The van der Waals surface area contributed by atoms with Gasteiger partial charge in [-0.15, -0.1) is 0 Å². The number of amidine groups is 1. The Labute approximate surface area is 104 Å². The molecular weight excluding hydrogens is 233 g/mol. The van der Waals surface area contributed by atoms with Crippen LogP contribution in [0.1, 0.15) is 22.8 Å². The minimum absolute atomic E-state index is 0.113. The number of hydrogen-bond donors (Lipinski definition) is 2. The molecule has 0 aliphatic carbocycles. The number of aryl methyl sites for hydroxylation is 2. The molecule has 0 saturated heterocycles. The smallest absolute Gasteiger partial charge is 0.147 e. The normalized spacial score (nSPS) is 10.6. The maximum Gasteiger partial charge on any atom is 0.147 e. The van der Waals surface area contributed by atoms with Crippen LogP contribution in [0.3, 0.4) is 0 Å². The molecule has 0 saturated carbocycles. The summed E-state index contributed by atoms with van der Waals surface area (Å²) in [5, 5.41) is 11.5. The van der Waals surface area contributed by atoms with Crippen molar-refractivity contribution >= 4 is 5.84 Å². The molecule has 1 aromatic carbocycles. The lowest BCUT2D eigenvalue weighted by Crippen LogP contribution is -2.15. The lowest BCUT2D eigenvalue weighted by atomic mass is 10.1. The van der Waals surface area contributed by atoms with Gasteiger partial charge in [-0.2, -0.15) is 5.10 Å². The van der Waals surface area contributed by atoms with E-state index in [2.05, 4.69) is 10.1 Å². The highest BCUT2D eigenvalue weighted by Crippen LogP contribution is 2.14. The molecule has 0 amide bonds. The molecule has 0 atom stereocenters. The number of hydrogen-bond acceptors (Lipinski definition) is 3. The van der Waals surface area contributed by atoms with Crippen LogP contribution in [-0.4, -0.2) is 20.6 Å². The number of halogens is 1. The Morgan fingerprint density at radius 1 is 1.44 bits per heavy atom. The summed E-state index contributed by atoms with van der Waals surface area (Å²) < 4.78 is 15.7. The van der Waals surface area contributed by atoms with E-state index < -0.39 is 5.82 Å². The van der Waals surface area contributed by atoms with Gasteiger partial charge in [0.15, 0.2) is 0 Å². The molecule has 0 aliphatic rings. The fourth-order valence-corrected chi connectivity index (χ4v) is 1.78. The summed E-state index contributed by atoms with van der Waals surface area (Å²) in [6.07, 6.45) is 0. The van der Waals surface area contributed by atoms with Crippen LogP contribution in [0.4, 0.5) is 4.39 Å². The molecule has 94 valence electrons. The Balaban J connectivity index is 2.38. The second kappa shape index (κ2) is 4.56. The van der Waals surface area contributed by atoms with Gasteiger partial charge in [0.1, 0.15) is 23.3 Å². The Morgan fingerprint density at radius 2 is 2.17 bits per heavy atom. The van der Waals surface area contributed by atoms with E-state index >= 15 is 0 Å². The van der Waals surface area contributed by atoms with E-state index in [1.165, 1.54) is 6.07 Å². The highest BCUT2D eigenvalue weighted by molar-refractivity contribution is 5.95. The van der Waals surface area contributed by atoms with Crippen LogP contribution >= 0.6 is 0 Å². The predicted molar refractivity (Wildman–Crippen MR) is 66.0 cm³/mol. The molecule has 1 heterocycles. The van der Waals surface area contributed by atoms with E-state index in [-0.39, 0.29) is 17.9 Å². The van der Waals surface area contributed by atoms with Gasteiger partial charge >= 0.3 is 0 Å². The number of nitrogens with zero attached hydrogens (tertiary/aromatic N) is 3. The molecule has 2 aromatic rings. The number of rotatable bonds is 3. The number of nitrogens with two attached hydrogens (primary N) is 1. The van der Waals surface area contributed by atoms with Crippen molar-refractivity contribution < 1.29 is 4.39 Å². The molecule has 6 heteroatoms. The molecular formula is C12H14FN5. The first-order chi connectivity index (χ1) is 8.49. The quantitative estimate of drug-likeness (QED) is 0.635. The van der Waals surface area contributed by atoms with Crippen LogP contribution in [0.15, 0.2) is 18.2 Å². The number of aromatic nitrogens is 3. The number of benzene rings is 1. The summed E-state index contributed by atoms with van der Waals surface area (Å²) in [6.45, 7) is 3.87. The van der Waals surface area contributed by atoms with E-state index in [4.69, 9.17) is 11.1 Å². The van der Waals surface area contributed by atoms with Crippen molar-refractivity contribution in [3.05, 3.63) is 46.8 Å². The van der Waals surface area contributed by atoms with Gasteiger partial charge in [0.2, 0.25) is 0 Å². The summed E-state index contributed by atoms with van der Waals surface area (Å²) in [5.41, 5.74) is 5.87. The standard InChI is InChI=1S/C12H14FN5/c1-7-16-8(2)18(17-7)6-9-4-3-5-10(11(9)13)12(14)15/h3-5H,6H2,1-2H3,(H3,14,15).